The number of imide groups is 1. The number of carboxylic acid groups (broad SMARTS) is 1. The van der Waals surface area contributed by atoms with Crippen LogP contribution in [0.4, 0.5) is 0 Å². The van der Waals surface area contributed by atoms with Crippen LogP contribution in [-0.4, -0.2) is 45.9 Å². The molecule has 2 N–H and O–H groups in total. The van der Waals surface area contributed by atoms with Crippen molar-refractivity contribution in [1.29, 1.82) is 0 Å². The molecule has 1 saturated heterocycles. The van der Waals surface area contributed by atoms with Gasteiger partial charge in [-0.3, -0.25) is 19.3 Å². The molecule has 0 aromatic rings. The van der Waals surface area contributed by atoms with E-state index in [4.69, 9.17) is 5.11 Å². The quantitative estimate of drug-likeness (QED) is 0.743. The monoisotopic (exact) mass is 282 g/mol. The van der Waals surface area contributed by atoms with Crippen molar-refractivity contribution in [3.8, 4) is 0 Å². The van der Waals surface area contributed by atoms with Gasteiger partial charge in [-0.1, -0.05) is 0 Å². The molecule has 1 saturated carbocycles. The van der Waals surface area contributed by atoms with Gasteiger partial charge in [0.25, 0.3) is 0 Å². The molecular formula is C14H22N2O4. The Balaban J connectivity index is 1.88. The Hall–Kier alpha value is -1.43. The second-order valence-corrected chi connectivity index (χ2v) is 6.01. The number of carboxylic acids is 1. The van der Waals surface area contributed by atoms with Crippen LogP contribution >= 0.6 is 0 Å². The van der Waals surface area contributed by atoms with Crippen molar-refractivity contribution in [2.45, 2.75) is 64.1 Å². The highest BCUT2D eigenvalue weighted by Gasteiger charge is 2.41. The first-order valence-corrected chi connectivity index (χ1v) is 7.25. The van der Waals surface area contributed by atoms with Crippen molar-refractivity contribution in [3.05, 3.63) is 0 Å². The van der Waals surface area contributed by atoms with Gasteiger partial charge in [-0.2, -0.15) is 0 Å². The fourth-order valence-electron chi connectivity index (χ4n) is 3.12. The molecular weight excluding hydrogens is 260 g/mol. The van der Waals surface area contributed by atoms with Crippen LogP contribution in [0, 0.1) is 5.92 Å². The lowest BCUT2D eigenvalue weighted by Gasteiger charge is -2.29. The topological polar surface area (TPSA) is 86.7 Å². The average Bonchev–Trinajstić information content (AvgIpc) is 2.65. The van der Waals surface area contributed by atoms with E-state index in [0.717, 1.165) is 12.8 Å². The average molecular weight is 282 g/mol. The highest BCUT2D eigenvalue weighted by molar-refractivity contribution is 6.05. The van der Waals surface area contributed by atoms with Crippen LogP contribution in [0.5, 0.6) is 0 Å². The second-order valence-electron chi connectivity index (χ2n) is 6.01. The lowest BCUT2D eigenvalue weighted by molar-refractivity contribution is -0.143. The summed E-state index contributed by atoms with van der Waals surface area (Å²) in [4.78, 5) is 36.2. The minimum absolute atomic E-state index is 0.107. The summed E-state index contributed by atoms with van der Waals surface area (Å²) >= 11 is 0. The molecule has 112 valence electrons. The fourth-order valence-corrected chi connectivity index (χ4v) is 3.12. The second kappa shape index (κ2) is 5.91. The molecule has 20 heavy (non-hydrogen) atoms. The standard InChI is InChI=1S/C14H22N2O4/c1-8(2)16-12(17)7-11(13(16)18)15-10-5-3-9(4-6-10)14(19)20/h8-11,15H,3-7H2,1-2H3,(H,19,20). The lowest BCUT2D eigenvalue weighted by atomic mass is 9.86. The van der Waals surface area contributed by atoms with Gasteiger partial charge in [-0.15, -0.1) is 0 Å². The predicted octanol–water partition coefficient (Wildman–Crippen LogP) is 0.755. The molecule has 0 aromatic heterocycles. The summed E-state index contributed by atoms with van der Waals surface area (Å²) in [5, 5.41) is 12.2. The Morgan fingerprint density at radius 2 is 1.85 bits per heavy atom. The molecule has 2 fully saturated rings. The highest BCUT2D eigenvalue weighted by Crippen LogP contribution is 2.26. The van der Waals surface area contributed by atoms with E-state index < -0.39 is 12.0 Å². The zero-order valence-electron chi connectivity index (χ0n) is 12.0. The van der Waals surface area contributed by atoms with E-state index in [-0.39, 0.29) is 36.2 Å². The van der Waals surface area contributed by atoms with Crippen molar-refractivity contribution in [1.82, 2.24) is 10.2 Å². The van der Waals surface area contributed by atoms with E-state index in [0.29, 0.717) is 12.8 Å². The third-order valence-electron chi connectivity index (χ3n) is 4.21. The maximum atomic E-state index is 12.2. The highest BCUT2D eigenvalue weighted by atomic mass is 16.4. The van der Waals surface area contributed by atoms with E-state index in [1.807, 2.05) is 13.8 Å². The van der Waals surface area contributed by atoms with E-state index in [9.17, 15) is 14.4 Å². The first kappa shape index (κ1) is 15.0. The molecule has 0 spiro atoms. The molecule has 1 unspecified atom stereocenters. The molecule has 1 atom stereocenters. The summed E-state index contributed by atoms with van der Waals surface area (Å²) < 4.78 is 0. The molecule has 1 heterocycles. The van der Waals surface area contributed by atoms with Crippen molar-refractivity contribution >= 4 is 17.8 Å². The number of rotatable bonds is 4. The van der Waals surface area contributed by atoms with Crippen molar-refractivity contribution < 1.29 is 19.5 Å². The third-order valence-corrected chi connectivity index (χ3v) is 4.21. The number of likely N-dealkylation sites (tertiary alicyclic amines) is 1. The van der Waals surface area contributed by atoms with Crippen LogP contribution in [0.15, 0.2) is 0 Å². The van der Waals surface area contributed by atoms with Crippen LogP contribution in [-0.2, 0) is 14.4 Å². The maximum absolute atomic E-state index is 12.2. The predicted molar refractivity (Wildman–Crippen MR) is 71.9 cm³/mol. The van der Waals surface area contributed by atoms with Gasteiger partial charge in [0.2, 0.25) is 11.8 Å². The van der Waals surface area contributed by atoms with Crippen LogP contribution in [0.3, 0.4) is 0 Å². The number of hydrogen-bond acceptors (Lipinski definition) is 4. The molecule has 0 radical (unpaired) electrons. The Morgan fingerprint density at radius 3 is 2.30 bits per heavy atom. The molecule has 0 bridgehead atoms. The summed E-state index contributed by atoms with van der Waals surface area (Å²) in [6, 6.07) is -0.403. The Morgan fingerprint density at radius 1 is 1.25 bits per heavy atom. The largest absolute Gasteiger partial charge is 0.481 e. The fraction of sp³-hybridized carbons (Fsp3) is 0.786. The molecule has 6 heteroatoms. The minimum atomic E-state index is -0.735. The van der Waals surface area contributed by atoms with Gasteiger partial charge in [-0.25, -0.2) is 0 Å². The van der Waals surface area contributed by atoms with Crippen LogP contribution in [0.1, 0.15) is 46.0 Å². The summed E-state index contributed by atoms with van der Waals surface area (Å²) in [6.07, 6.45) is 2.98. The number of nitrogens with one attached hydrogen (secondary N) is 1. The smallest absolute Gasteiger partial charge is 0.306 e. The SMILES string of the molecule is CC(C)N1C(=O)CC(NC2CCC(C(=O)O)CC2)C1=O. The van der Waals surface area contributed by atoms with Crippen molar-refractivity contribution in [2.75, 3.05) is 0 Å². The molecule has 0 aromatic carbocycles. The first-order valence-electron chi connectivity index (χ1n) is 7.25. The number of amides is 2. The van der Waals surface area contributed by atoms with Gasteiger partial charge in [0.05, 0.1) is 18.4 Å². The van der Waals surface area contributed by atoms with Crippen LogP contribution in [0.2, 0.25) is 0 Å². The van der Waals surface area contributed by atoms with Gasteiger partial charge >= 0.3 is 5.97 Å². The molecule has 2 rings (SSSR count). The van der Waals surface area contributed by atoms with Crippen molar-refractivity contribution in [2.24, 2.45) is 5.92 Å². The zero-order chi connectivity index (χ0) is 14.9. The van der Waals surface area contributed by atoms with E-state index in [2.05, 4.69) is 5.32 Å². The number of aliphatic carboxylic acids is 1. The molecule has 1 aliphatic carbocycles. The summed E-state index contributed by atoms with van der Waals surface area (Å²) in [6.45, 7) is 3.66. The Bertz CT molecular complexity index is 413. The lowest BCUT2D eigenvalue weighted by Crippen LogP contribution is -2.46. The van der Waals surface area contributed by atoms with Gasteiger partial charge in [0.1, 0.15) is 0 Å². The normalized spacial score (nSPS) is 31.1. The number of carbonyl (C=O) groups excluding carboxylic acids is 2. The third kappa shape index (κ3) is 3.00. The summed E-state index contributed by atoms with van der Waals surface area (Å²) in [5.74, 6) is -1.27. The zero-order valence-corrected chi connectivity index (χ0v) is 12.0. The number of carbonyl (C=O) groups is 3. The molecule has 1 aliphatic heterocycles. The Kier molecular flexibility index (Phi) is 4.42. The van der Waals surface area contributed by atoms with Gasteiger partial charge in [0, 0.05) is 12.1 Å². The van der Waals surface area contributed by atoms with Gasteiger partial charge in [0.15, 0.2) is 0 Å². The van der Waals surface area contributed by atoms with E-state index in [1.54, 1.807) is 0 Å². The van der Waals surface area contributed by atoms with E-state index in [1.165, 1.54) is 4.90 Å². The molecule has 2 aliphatic rings. The number of nitrogens with zero attached hydrogens (tertiary/aromatic N) is 1. The first-order chi connectivity index (χ1) is 9.40. The van der Waals surface area contributed by atoms with Gasteiger partial charge < -0.3 is 10.4 Å². The minimum Gasteiger partial charge on any atom is -0.481 e. The van der Waals surface area contributed by atoms with E-state index >= 15 is 0 Å². The summed E-state index contributed by atoms with van der Waals surface area (Å²) in [7, 11) is 0. The number of hydrogen-bond donors (Lipinski definition) is 2. The van der Waals surface area contributed by atoms with Gasteiger partial charge in [-0.05, 0) is 39.5 Å². The molecule has 6 nitrogen and oxygen atoms in total. The summed E-state index contributed by atoms with van der Waals surface area (Å²) in [5.41, 5.74) is 0. The van der Waals surface area contributed by atoms with Crippen LogP contribution < -0.4 is 5.32 Å². The van der Waals surface area contributed by atoms with Crippen LogP contribution in [0.25, 0.3) is 0 Å². The maximum Gasteiger partial charge on any atom is 0.306 e. The Labute approximate surface area is 118 Å². The molecule has 2 amide bonds. The van der Waals surface area contributed by atoms with Crippen molar-refractivity contribution in [3.63, 3.8) is 0 Å².